The first-order valence-corrected chi connectivity index (χ1v) is 6.99. The Kier molecular flexibility index (Phi) is 3.67. The van der Waals surface area contributed by atoms with Gasteiger partial charge in [-0.2, -0.15) is 4.98 Å². The zero-order valence-electron chi connectivity index (χ0n) is 9.68. The van der Waals surface area contributed by atoms with E-state index >= 15 is 0 Å². The molecule has 0 spiro atoms. The number of rotatable bonds is 5. The molecule has 0 saturated carbocycles. The number of anilines is 1. The summed E-state index contributed by atoms with van der Waals surface area (Å²) in [5.41, 5.74) is 5.38. The van der Waals surface area contributed by atoms with Gasteiger partial charge >= 0.3 is 7.60 Å². The number of nitrogens with two attached hydrogens (primary N) is 1. The van der Waals surface area contributed by atoms with E-state index in [0.29, 0.717) is 0 Å². The Labute approximate surface area is 106 Å². The highest BCUT2D eigenvalue weighted by Gasteiger charge is 2.13. The minimum absolute atomic E-state index is 0.0273. The predicted molar refractivity (Wildman–Crippen MR) is 65.4 cm³/mol. The molecule has 19 heavy (non-hydrogen) atoms. The molecule has 0 radical (unpaired) electrons. The first-order chi connectivity index (χ1) is 8.87. The number of aromatic amines is 1. The van der Waals surface area contributed by atoms with Gasteiger partial charge in [-0.1, -0.05) is 0 Å². The summed E-state index contributed by atoms with van der Waals surface area (Å²) in [4.78, 5) is 39.0. The van der Waals surface area contributed by atoms with Crippen LogP contribution in [0.5, 0.6) is 0 Å². The predicted octanol–water partition coefficient (Wildman–Crippen LogP) is -1.15. The van der Waals surface area contributed by atoms with E-state index in [1.807, 2.05) is 0 Å². The maximum atomic E-state index is 11.7. The van der Waals surface area contributed by atoms with Crippen molar-refractivity contribution in [2.45, 2.75) is 6.54 Å². The molecular weight excluding hydrogens is 277 g/mol. The first kappa shape index (κ1) is 13.7. The van der Waals surface area contributed by atoms with Crippen molar-refractivity contribution in [2.75, 3.05) is 18.7 Å². The van der Waals surface area contributed by atoms with E-state index in [1.165, 1.54) is 10.9 Å². The van der Waals surface area contributed by atoms with E-state index in [2.05, 4.69) is 15.0 Å². The van der Waals surface area contributed by atoms with Crippen LogP contribution in [0.2, 0.25) is 0 Å². The van der Waals surface area contributed by atoms with E-state index in [0.717, 1.165) is 0 Å². The molecule has 5 N–H and O–H groups in total. The number of fused-ring (bicyclic) bond motifs is 1. The first-order valence-electron chi connectivity index (χ1n) is 5.20. The van der Waals surface area contributed by atoms with Crippen molar-refractivity contribution in [3.63, 3.8) is 0 Å². The highest BCUT2D eigenvalue weighted by molar-refractivity contribution is 7.51. The van der Waals surface area contributed by atoms with Gasteiger partial charge in [0.2, 0.25) is 5.95 Å². The Morgan fingerprint density at radius 3 is 2.95 bits per heavy atom. The van der Waals surface area contributed by atoms with Gasteiger partial charge in [-0.25, -0.2) is 4.98 Å². The molecule has 0 bridgehead atoms. The average Bonchev–Trinajstić information content (AvgIpc) is 2.66. The van der Waals surface area contributed by atoms with Crippen molar-refractivity contribution in [1.82, 2.24) is 19.5 Å². The van der Waals surface area contributed by atoms with Crippen molar-refractivity contribution in [1.29, 1.82) is 0 Å². The quantitative estimate of drug-likeness (QED) is 0.397. The van der Waals surface area contributed by atoms with Crippen molar-refractivity contribution >= 4 is 24.7 Å². The summed E-state index contributed by atoms with van der Waals surface area (Å²) in [6, 6.07) is 0. The topological polar surface area (TPSA) is 156 Å². The number of nitrogen functional groups attached to an aromatic ring is 1. The second-order valence-corrected chi connectivity index (χ2v) is 5.35. The Morgan fingerprint density at radius 1 is 1.53 bits per heavy atom. The molecule has 2 aromatic rings. The SMILES string of the molecule is Nc1nc2ncn(CCOCP(=O)(O)O)c2c(=O)[nH]1. The van der Waals surface area contributed by atoms with Crippen LogP contribution in [0.1, 0.15) is 0 Å². The fourth-order valence-corrected chi connectivity index (χ4v) is 1.89. The highest BCUT2D eigenvalue weighted by Crippen LogP contribution is 2.33. The molecule has 0 atom stereocenters. The van der Waals surface area contributed by atoms with Crippen LogP contribution in [0.25, 0.3) is 11.2 Å². The third kappa shape index (κ3) is 3.38. The lowest BCUT2D eigenvalue weighted by Crippen LogP contribution is -2.15. The molecule has 104 valence electrons. The third-order valence-corrected chi connectivity index (χ3v) is 2.76. The lowest BCUT2D eigenvalue weighted by Gasteiger charge is -2.06. The number of imidazole rings is 1. The minimum atomic E-state index is -4.18. The van der Waals surface area contributed by atoms with Gasteiger partial charge in [-0.15, -0.1) is 0 Å². The van der Waals surface area contributed by atoms with Crippen molar-refractivity contribution in [2.24, 2.45) is 0 Å². The van der Waals surface area contributed by atoms with E-state index in [4.69, 9.17) is 20.3 Å². The third-order valence-electron chi connectivity index (χ3n) is 2.24. The van der Waals surface area contributed by atoms with Crippen molar-refractivity contribution in [3.8, 4) is 0 Å². The van der Waals surface area contributed by atoms with Crippen LogP contribution in [-0.4, -0.2) is 42.3 Å². The monoisotopic (exact) mass is 289 g/mol. The van der Waals surface area contributed by atoms with Gasteiger partial charge in [0.25, 0.3) is 5.56 Å². The number of ether oxygens (including phenoxy) is 1. The Hall–Kier alpha value is -1.74. The zero-order valence-corrected chi connectivity index (χ0v) is 10.6. The molecule has 0 aliphatic heterocycles. The van der Waals surface area contributed by atoms with Gasteiger partial charge in [-0.05, 0) is 0 Å². The van der Waals surface area contributed by atoms with Crippen LogP contribution < -0.4 is 11.3 Å². The summed E-state index contributed by atoms with van der Waals surface area (Å²) in [7, 11) is -4.18. The number of H-pyrrole nitrogens is 1. The Bertz CT molecular complexity index is 688. The normalized spacial score (nSPS) is 12.1. The van der Waals surface area contributed by atoms with Crippen LogP contribution >= 0.6 is 7.60 Å². The standard InChI is InChI=1S/C8H12N5O5P/c9-8-11-6-5(7(14)12-8)13(3-10-6)1-2-18-4-19(15,16)17/h3H,1-2,4H2,(H2,15,16,17)(H3,9,11,12,14). The summed E-state index contributed by atoms with van der Waals surface area (Å²) < 4.78 is 16.9. The minimum Gasteiger partial charge on any atom is -0.369 e. The van der Waals surface area contributed by atoms with Gasteiger partial charge in [0, 0.05) is 6.54 Å². The molecule has 2 rings (SSSR count). The Morgan fingerprint density at radius 2 is 2.26 bits per heavy atom. The van der Waals surface area contributed by atoms with Gasteiger partial charge in [0.15, 0.2) is 11.2 Å². The molecule has 0 amide bonds. The van der Waals surface area contributed by atoms with E-state index in [9.17, 15) is 9.36 Å². The summed E-state index contributed by atoms with van der Waals surface area (Å²) in [5, 5.41) is 0. The Balaban J connectivity index is 2.10. The second kappa shape index (κ2) is 5.10. The molecule has 2 aromatic heterocycles. The van der Waals surface area contributed by atoms with Crippen molar-refractivity contribution in [3.05, 3.63) is 16.7 Å². The molecule has 10 nitrogen and oxygen atoms in total. The van der Waals surface area contributed by atoms with E-state index in [-0.39, 0.29) is 30.3 Å². The van der Waals surface area contributed by atoms with Gasteiger partial charge in [0.05, 0.1) is 12.9 Å². The van der Waals surface area contributed by atoms with Crippen molar-refractivity contribution < 1.29 is 19.1 Å². The van der Waals surface area contributed by atoms with Crippen LogP contribution in [0, 0.1) is 0 Å². The number of hydrogen-bond donors (Lipinski definition) is 4. The molecule has 2 heterocycles. The lowest BCUT2D eigenvalue weighted by molar-refractivity contribution is 0.149. The molecule has 11 heteroatoms. The summed E-state index contributed by atoms with van der Waals surface area (Å²) in [6.07, 6.45) is 0.717. The number of nitrogens with one attached hydrogen (secondary N) is 1. The van der Waals surface area contributed by atoms with Crippen LogP contribution in [0.15, 0.2) is 11.1 Å². The van der Waals surface area contributed by atoms with E-state index < -0.39 is 19.5 Å². The maximum absolute atomic E-state index is 11.7. The highest BCUT2D eigenvalue weighted by atomic mass is 31.2. The summed E-state index contributed by atoms with van der Waals surface area (Å²) >= 11 is 0. The fraction of sp³-hybridized carbons (Fsp3) is 0.375. The van der Waals surface area contributed by atoms with Gasteiger partial charge in [0.1, 0.15) is 6.35 Å². The van der Waals surface area contributed by atoms with Crippen LogP contribution in [0.3, 0.4) is 0 Å². The molecule has 0 unspecified atom stereocenters. The summed E-state index contributed by atoms with van der Waals surface area (Å²) in [5.74, 6) is -0.0273. The molecule has 0 fully saturated rings. The smallest absolute Gasteiger partial charge is 0.350 e. The average molecular weight is 289 g/mol. The molecule has 0 aliphatic rings. The lowest BCUT2D eigenvalue weighted by atomic mass is 10.5. The molecule has 0 aliphatic carbocycles. The van der Waals surface area contributed by atoms with Gasteiger partial charge < -0.3 is 24.8 Å². The fourth-order valence-electron chi connectivity index (χ4n) is 1.52. The summed E-state index contributed by atoms with van der Waals surface area (Å²) in [6.45, 7) is 0.242. The molecule has 0 saturated heterocycles. The van der Waals surface area contributed by atoms with E-state index in [1.54, 1.807) is 0 Å². The van der Waals surface area contributed by atoms with Gasteiger partial charge in [-0.3, -0.25) is 14.3 Å². The zero-order chi connectivity index (χ0) is 14.0. The van der Waals surface area contributed by atoms with Crippen LogP contribution in [0.4, 0.5) is 5.95 Å². The number of hydrogen-bond acceptors (Lipinski definition) is 6. The maximum Gasteiger partial charge on any atom is 0.350 e. The molecular formula is C8H12N5O5P. The largest absolute Gasteiger partial charge is 0.369 e. The number of nitrogens with zero attached hydrogens (tertiary/aromatic N) is 3. The molecule has 0 aromatic carbocycles. The second-order valence-electron chi connectivity index (χ2n) is 3.76. The van der Waals surface area contributed by atoms with Crippen LogP contribution in [-0.2, 0) is 15.8 Å². The number of aromatic nitrogens is 4.